The quantitative estimate of drug-likeness (QED) is 0.628. The van der Waals surface area contributed by atoms with Gasteiger partial charge in [0.1, 0.15) is 5.82 Å². The van der Waals surface area contributed by atoms with Gasteiger partial charge in [0.2, 0.25) is 0 Å². The molecule has 0 saturated heterocycles. The van der Waals surface area contributed by atoms with Gasteiger partial charge < -0.3 is 0 Å². The zero-order valence-corrected chi connectivity index (χ0v) is 6.76. The average molecular weight is 163 g/mol. The molecule has 0 aromatic heterocycles. The molecule has 1 rings (SSSR count). The van der Waals surface area contributed by atoms with E-state index in [2.05, 4.69) is 0 Å². The molecular formula is C10H10FN. The van der Waals surface area contributed by atoms with E-state index in [-0.39, 0.29) is 5.82 Å². The Labute approximate surface area is 71.4 Å². The summed E-state index contributed by atoms with van der Waals surface area (Å²) in [4.78, 5) is 0. The molecule has 0 aliphatic heterocycles. The maximum absolute atomic E-state index is 12.9. The van der Waals surface area contributed by atoms with Crippen LogP contribution in [0.25, 0.3) is 0 Å². The van der Waals surface area contributed by atoms with Crippen LogP contribution in [0.5, 0.6) is 0 Å². The number of unbranched alkanes of at least 4 members (excludes halogenated alkanes) is 1. The molecule has 1 aromatic rings. The topological polar surface area (TPSA) is 23.8 Å². The number of benzene rings is 1. The number of nitrogens with zero attached hydrogens (tertiary/aromatic N) is 1. The van der Waals surface area contributed by atoms with Gasteiger partial charge in [-0.3, -0.25) is 0 Å². The van der Waals surface area contributed by atoms with E-state index in [4.69, 9.17) is 5.26 Å². The van der Waals surface area contributed by atoms with Crippen LogP contribution >= 0.6 is 0 Å². The summed E-state index contributed by atoms with van der Waals surface area (Å²) in [6.07, 6.45) is 1.88. The first-order valence-electron chi connectivity index (χ1n) is 3.95. The predicted molar refractivity (Wildman–Crippen MR) is 45.0 cm³/mol. The lowest BCUT2D eigenvalue weighted by Gasteiger charge is -1.99. The number of halogens is 1. The third-order valence-electron chi connectivity index (χ3n) is 1.69. The van der Waals surface area contributed by atoms with E-state index in [1.165, 1.54) is 6.07 Å². The zero-order valence-electron chi connectivity index (χ0n) is 6.76. The molecule has 12 heavy (non-hydrogen) atoms. The monoisotopic (exact) mass is 163 g/mol. The Morgan fingerprint density at radius 2 is 2.08 bits per heavy atom. The van der Waals surface area contributed by atoms with E-state index in [0.717, 1.165) is 6.42 Å². The lowest BCUT2D eigenvalue weighted by atomic mass is 10.1. The summed E-state index contributed by atoms with van der Waals surface area (Å²) in [7, 11) is 0. The first-order valence-corrected chi connectivity index (χ1v) is 3.95. The normalized spacial score (nSPS) is 9.33. The minimum atomic E-state index is -0.171. The van der Waals surface area contributed by atoms with Crippen molar-refractivity contribution in [2.45, 2.75) is 19.3 Å². The highest BCUT2D eigenvalue weighted by Gasteiger charge is 1.98. The number of aryl methyl sites for hydroxylation is 1. The maximum Gasteiger partial charge on any atom is 0.126 e. The van der Waals surface area contributed by atoms with Crippen molar-refractivity contribution >= 4 is 0 Å². The Kier molecular flexibility index (Phi) is 3.28. The van der Waals surface area contributed by atoms with Crippen molar-refractivity contribution in [3.05, 3.63) is 35.6 Å². The summed E-state index contributed by atoms with van der Waals surface area (Å²) in [5.74, 6) is -0.171. The molecular weight excluding hydrogens is 153 g/mol. The molecule has 0 amide bonds. The largest absolute Gasteiger partial charge is 0.207 e. The minimum absolute atomic E-state index is 0.171. The fourth-order valence-electron chi connectivity index (χ4n) is 1.06. The lowest BCUT2D eigenvalue weighted by molar-refractivity contribution is 0.605. The molecule has 0 saturated carbocycles. The molecule has 0 heterocycles. The van der Waals surface area contributed by atoms with Crippen LogP contribution in [0.15, 0.2) is 24.3 Å². The fraction of sp³-hybridized carbons (Fsp3) is 0.300. The van der Waals surface area contributed by atoms with Crippen LogP contribution < -0.4 is 0 Å². The van der Waals surface area contributed by atoms with Crippen LogP contribution in [-0.2, 0) is 6.42 Å². The summed E-state index contributed by atoms with van der Waals surface area (Å²) in [5.41, 5.74) is 0.702. The molecule has 0 radical (unpaired) electrons. The first kappa shape index (κ1) is 8.73. The maximum atomic E-state index is 12.9. The van der Waals surface area contributed by atoms with Gasteiger partial charge in [-0.05, 0) is 24.5 Å². The molecule has 0 atom stereocenters. The summed E-state index contributed by atoms with van der Waals surface area (Å²) < 4.78 is 12.9. The highest BCUT2D eigenvalue weighted by Crippen LogP contribution is 2.09. The van der Waals surface area contributed by atoms with Crippen molar-refractivity contribution in [2.75, 3.05) is 0 Å². The van der Waals surface area contributed by atoms with Gasteiger partial charge in [0.15, 0.2) is 0 Å². The standard InChI is InChI=1S/C10H10FN/c11-10-7-2-1-5-9(10)6-3-4-8-12/h1-2,5,7H,3-4,6H2. The summed E-state index contributed by atoms with van der Waals surface area (Å²) in [6.45, 7) is 0. The van der Waals surface area contributed by atoms with Crippen molar-refractivity contribution in [1.82, 2.24) is 0 Å². The first-order chi connectivity index (χ1) is 5.84. The van der Waals surface area contributed by atoms with Gasteiger partial charge in [0, 0.05) is 6.42 Å². The summed E-state index contributed by atoms with van der Waals surface area (Å²) >= 11 is 0. The van der Waals surface area contributed by atoms with Crippen molar-refractivity contribution in [3.8, 4) is 6.07 Å². The van der Waals surface area contributed by atoms with Crippen LogP contribution in [0.1, 0.15) is 18.4 Å². The van der Waals surface area contributed by atoms with Gasteiger partial charge in [0.25, 0.3) is 0 Å². The second kappa shape index (κ2) is 4.50. The Morgan fingerprint density at radius 1 is 1.33 bits per heavy atom. The predicted octanol–water partition coefficient (Wildman–Crippen LogP) is 2.67. The van der Waals surface area contributed by atoms with Gasteiger partial charge in [0.05, 0.1) is 6.07 Å². The third kappa shape index (κ3) is 2.35. The number of nitriles is 1. The van der Waals surface area contributed by atoms with Crippen LogP contribution in [0.2, 0.25) is 0 Å². The highest BCUT2D eigenvalue weighted by atomic mass is 19.1. The van der Waals surface area contributed by atoms with E-state index in [9.17, 15) is 4.39 Å². The molecule has 1 aromatic carbocycles. The molecule has 0 aliphatic rings. The minimum Gasteiger partial charge on any atom is -0.207 e. The van der Waals surface area contributed by atoms with E-state index < -0.39 is 0 Å². The van der Waals surface area contributed by atoms with Crippen molar-refractivity contribution in [2.24, 2.45) is 0 Å². The van der Waals surface area contributed by atoms with Gasteiger partial charge in [-0.15, -0.1) is 0 Å². The number of hydrogen-bond donors (Lipinski definition) is 0. The molecule has 62 valence electrons. The van der Waals surface area contributed by atoms with E-state index >= 15 is 0 Å². The highest BCUT2D eigenvalue weighted by molar-refractivity contribution is 5.17. The fourth-order valence-corrected chi connectivity index (χ4v) is 1.06. The molecule has 0 bridgehead atoms. The molecule has 0 spiro atoms. The van der Waals surface area contributed by atoms with Crippen LogP contribution in [0, 0.1) is 17.1 Å². The van der Waals surface area contributed by atoms with Gasteiger partial charge >= 0.3 is 0 Å². The molecule has 0 aliphatic carbocycles. The Hall–Kier alpha value is -1.36. The van der Waals surface area contributed by atoms with Gasteiger partial charge in [-0.1, -0.05) is 18.2 Å². The molecule has 0 unspecified atom stereocenters. The van der Waals surface area contributed by atoms with Crippen molar-refractivity contribution in [1.29, 1.82) is 5.26 Å². The lowest BCUT2D eigenvalue weighted by Crippen LogP contribution is -1.89. The van der Waals surface area contributed by atoms with Crippen molar-refractivity contribution < 1.29 is 4.39 Å². The van der Waals surface area contributed by atoms with Crippen LogP contribution in [0.3, 0.4) is 0 Å². The Balaban J connectivity index is 2.53. The second-order valence-corrected chi connectivity index (χ2v) is 2.60. The smallest absolute Gasteiger partial charge is 0.126 e. The SMILES string of the molecule is N#CCCCc1ccccc1F. The van der Waals surface area contributed by atoms with E-state index in [1.54, 1.807) is 12.1 Å². The van der Waals surface area contributed by atoms with Gasteiger partial charge in [-0.25, -0.2) is 4.39 Å². The Morgan fingerprint density at radius 3 is 2.75 bits per heavy atom. The average Bonchev–Trinajstić information content (AvgIpc) is 2.09. The number of rotatable bonds is 3. The van der Waals surface area contributed by atoms with E-state index in [1.807, 2.05) is 12.1 Å². The summed E-state index contributed by atoms with van der Waals surface area (Å²) in [5, 5.41) is 8.27. The zero-order chi connectivity index (χ0) is 8.81. The van der Waals surface area contributed by atoms with Crippen molar-refractivity contribution in [3.63, 3.8) is 0 Å². The Bertz CT molecular complexity index is 288. The summed E-state index contributed by atoms with van der Waals surface area (Å²) in [6, 6.07) is 8.72. The third-order valence-corrected chi connectivity index (χ3v) is 1.69. The molecule has 2 heteroatoms. The van der Waals surface area contributed by atoms with Gasteiger partial charge in [-0.2, -0.15) is 5.26 Å². The van der Waals surface area contributed by atoms with E-state index in [0.29, 0.717) is 18.4 Å². The van der Waals surface area contributed by atoms with Crippen LogP contribution in [0.4, 0.5) is 4.39 Å². The molecule has 0 N–H and O–H groups in total. The molecule has 1 nitrogen and oxygen atoms in total. The second-order valence-electron chi connectivity index (χ2n) is 2.60. The number of hydrogen-bond acceptors (Lipinski definition) is 1. The molecule has 0 fully saturated rings. The van der Waals surface area contributed by atoms with Crippen LogP contribution in [-0.4, -0.2) is 0 Å².